The third-order valence-corrected chi connectivity index (χ3v) is 4.10. The molecular formula is C19H18FN7O. The van der Waals surface area contributed by atoms with Crippen LogP contribution in [0.3, 0.4) is 0 Å². The van der Waals surface area contributed by atoms with E-state index in [0.717, 1.165) is 0 Å². The number of rotatable bonds is 6. The molecule has 8 nitrogen and oxygen atoms in total. The minimum Gasteiger partial charge on any atom is -0.382 e. The number of carbonyl (C=O) groups is 1. The Kier molecular flexibility index (Phi) is 5.60. The van der Waals surface area contributed by atoms with Crippen LogP contribution in [0.25, 0.3) is 10.9 Å². The first-order chi connectivity index (χ1) is 13.5. The molecule has 0 atom stereocenters. The Morgan fingerprint density at radius 2 is 2.18 bits per heavy atom. The molecule has 1 amide bonds. The van der Waals surface area contributed by atoms with Crippen molar-refractivity contribution in [2.45, 2.75) is 13.3 Å². The van der Waals surface area contributed by atoms with Crippen molar-refractivity contribution in [3.8, 4) is 6.07 Å². The minimum absolute atomic E-state index is 0.0777. The summed E-state index contributed by atoms with van der Waals surface area (Å²) < 4.78 is 14.1. The number of nitrogens with one attached hydrogen (secondary N) is 2. The Hall–Kier alpha value is -3.80. The monoisotopic (exact) mass is 379 g/mol. The lowest BCUT2D eigenvalue weighted by molar-refractivity contribution is 0.0954. The lowest BCUT2D eigenvalue weighted by atomic mass is 10.1. The highest BCUT2D eigenvalue weighted by atomic mass is 19.1. The third-order valence-electron chi connectivity index (χ3n) is 4.10. The third kappa shape index (κ3) is 3.81. The number of nitrogens with two attached hydrogens (primary N) is 1. The van der Waals surface area contributed by atoms with Crippen LogP contribution < -0.4 is 16.4 Å². The van der Waals surface area contributed by atoms with Gasteiger partial charge in [0, 0.05) is 24.9 Å². The van der Waals surface area contributed by atoms with Crippen LogP contribution in [0.4, 0.5) is 16.0 Å². The quantitative estimate of drug-likeness (QED) is 0.597. The molecule has 9 heteroatoms. The van der Waals surface area contributed by atoms with E-state index >= 15 is 0 Å². The highest BCUT2D eigenvalue weighted by Crippen LogP contribution is 2.21. The summed E-state index contributed by atoms with van der Waals surface area (Å²) in [5, 5.41) is 15.5. The van der Waals surface area contributed by atoms with Gasteiger partial charge in [-0.05, 0) is 19.1 Å². The molecule has 0 bridgehead atoms. The topological polar surface area (TPSA) is 130 Å². The number of anilines is 2. The first-order valence-corrected chi connectivity index (χ1v) is 8.66. The Morgan fingerprint density at radius 3 is 2.93 bits per heavy atom. The molecule has 3 aromatic rings. The largest absolute Gasteiger partial charge is 0.382 e. The zero-order valence-electron chi connectivity index (χ0n) is 15.2. The van der Waals surface area contributed by atoms with Gasteiger partial charge in [0.1, 0.15) is 40.9 Å². The van der Waals surface area contributed by atoms with E-state index in [1.165, 1.54) is 12.4 Å². The van der Waals surface area contributed by atoms with Gasteiger partial charge in [0.2, 0.25) is 0 Å². The van der Waals surface area contributed by atoms with Crippen molar-refractivity contribution in [3.05, 3.63) is 53.2 Å². The number of amides is 1. The van der Waals surface area contributed by atoms with Crippen LogP contribution in [0.15, 0.2) is 30.6 Å². The number of carbonyl (C=O) groups excluding carboxylic acids is 1. The Labute approximate surface area is 160 Å². The van der Waals surface area contributed by atoms with E-state index in [4.69, 9.17) is 5.73 Å². The van der Waals surface area contributed by atoms with Crippen molar-refractivity contribution in [1.29, 1.82) is 5.26 Å². The summed E-state index contributed by atoms with van der Waals surface area (Å²) in [4.78, 5) is 24.6. The molecule has 0 unspecified atom stereocenters. The highest BCUT2D eigenvalue weighted by Gasteiger charge is 2.16. The molecule has 4 N–H and O–H groups in total. The standard InChI is InChI=1S/C19H18FN7O/c1-2-23-19(28)12-8-11-4-3-5-14(20)16(11)27-15(12)6-7-24-18-13(9-21)17(22)25-10-26-18/h3-5,8,10H,2,6-7H2,1H3,(H,23,28)(H3,22,24,25,26). The molecular weight excluding hydrogens is 361 g/mol. The predicted octanol–water partition coefficient (Wildman–Crippen LogP) is 2.02. The van der Waals surface area contributed by atoms with E-state index in [0.29, 0.717) is 42.0 Å². The molecule has 2 heterocycles. The van der Waals surface area contributed by atoms with E-state index in [1.54, 1.807) is 18.2 Å². The molecule has 0 aliphatic heterocycles. The number of nitrogen functional groups attached to an aromatic ring is 1. The average Bonchev–Trinajstić information content (AvgIpc) is 2.68. The number of para-hydroxylation sites is 1. The van der Waals surface area contributed by atoms with Crippen LogP contribution in [-0.2, 0) is 6.42 Å². The van der Waals surface area contributed by atoms with Crippen LogP contribution in [0, 0.1) is 17.1 Å². The van der Waals surface area contributed by atoms with E-state index in [-0.39, 0.29) is 22.8 Å². The molecule has 0 radical (unpaired) electrons. The van der Waals surface area contributed by atoms with Gasteiger partial charge in [0.05, 0.1) is 11.3 Å². The van der Waals surface area contributed by atoms with Crippen LogP contribution in [0.5, 0.6) is 0 Å². The summed E-state index contributed by atoms with van der Waals surface area (Å²) >= 11 is 0. The van der Waals surface area contributed by atoms with Crippen molar-refractivity contribution >= 4 is 28.4 Å². The molecule has 28 heavy (non-hydrogen) atoms. The van der Waals surface area contributed by atoms with Crippen LogP contribution >= 0.6 is 0 Å². The van der Waals surface area contributed by atoms with Gasteiger partial charge in [0.25, 0.3) is 5.91 Å². The van der Waals surface area contributed by atoms with Gasteiger partial charge in [-0.25, -0.2) is 19.3 Å². The Bertz CT molecular complexity index is 1080. The number of nitrogens with zero attached hydrogens (tertiary/aromatic N) is 4. The number of nitriles is 1. The van der Waals surface area contributed by atoms with Gasteiger partial charge >= 0.3 is 0 Å². The number of aromatic nitrogens is 3. The summed E-state index contributed by atoms with van der Waals surface area (Å²) in [6, 6.07) is 8.19. The maximum atomic E-state index is 14.1. The van der Waals surface area contributed by atoms with Crippen molar-refractivity contribution in [2.75, 3.05) is 24.1 Å². The van der Waals surface area contributed by atoms with Crippen LogP contribution in [0.1, 0.15) is 28.5 Å². The second-order valence-corrected chi connectivity index (χ2v) is 5.92. The fourth-order valence-corrected chi connectivity index (χ4v) is 2.79. The summed E-state index contributed by atoms with van der Waals surface area (Å²) in [6.07, 6.45) is 1.56. The second kappa shape index (κ2) is 8.26. The zero-order chi connectivity index (χ0) is 20.1. The molecule has 0 saturated heterocycles. The van der Waals surface area contributed by atoms with E-state index in [1.807, 2.05) is 13.0 Å². The molecule has 0 aliphatic rings. The number of hydrogen-bond acceptors (Lipinski definition) is 7. The highest BCUT2D eigenvalue weighted by molar-refractivity contribution is 5.98. The number of fused-ring (bicyclic) bond motifs is 1. The van der Waals surface area contributed by atoms with E-state index in [2.05, 4.69) is 25.6 Å². The summed E-state index contributed by atoms with van der Waals surface area (Å²) in [7, 11) is 0. The molecule has 1 aromatic carbocycles. The van der Waals surface area contributed by atoms with Crippen LogP contribution in [0.2, 0.25) is 0 Å². The average molecular weight is 379 g/mol. The second-order valence-electron chi connectivity index (χ2n) is 5.92. The first-order valence-electron chi connectivity index (χ1n) is 8.66. The maximum absolute atomic E-state index is 14.1. The van der Waals surface area contributed by atoms with Crippen molar-refractivity contribution in [2.24, 2.45) is 0 Å². The normalized spacial score (nSPS) is 10.5. The number of hydrogen-bond donors (Lipinski definition) is 3. The molecule has 2 aromatic heterocycles. The maximum Gasteiger partial charge on any atom is 0.253 e. The smallest absolute Gasteiger partial charge is 0.253 e. The molecule has 142 valence electrons. The SMILES string of the molecule is CCNC(=O)c1cc2cccc(F)c2nc1CCNc1ncnc(N)c1C#N. The molecule has 3 rings (SSSR count). The molecule has 0 fully saturated rings. The van der Waals surface area contributed by atoms with Gasteiger partial charge in [-0.15, -0.1) is 0 Å². The summed E-state index contributed by atoms with van der Waals surface area (Å²) in [6.45, 7) is 2.59. The Morgan fingerprint density at radius 1 is 1.36 bits per heavy atom. The van der Waals surface area contributed by atoms with Crippen molar-refractivity contribution in [3.63, 3.8) is 0 Å². The summed E-state index contributed by atoms with van der Waals surface area (Å²) in [5.41, 5.74) is 6.84. The molecule has 0 spiro atoms. The fourth-order valence-electron chi connectivity index (χ4n) is 2.79. The fraction of sp³-hybridized carbons (Fsp3) is 0.211. The minimum atomic E-state index is -0.454. The first kappa shape index (κ1) is 19.0. The van der Waals surface area contributed by atoms with Crippen molar-refractivity contribution in [1.82, 2.24) is 20.3 Å². The van der Waals surface area contributed by atoms with E-state index in [9.17, 15) is 14.4 Å². The van der Waals surface area contributed by atoms with Gasteiger partial charge < -0.3 is 16.4 Å². The lowest BCUT2D eigenvalue weighted by Gasteiger charge is -2.12. The zero-order valence-corrected chi connectivity index (χ0v) is 15.2. The van der Waals surface area contributed by atoms with Gasteiger partial charge in [0.15, 0.2) is 0 Å². The van der Waals surface area contributed by atoms with E-state index < -0.39 is 5.82 Å². The van der Waals surface area contributed by atoms with Crippen molar-refractivity contribution < 1.29 is 9.18 Å². The van der Waals surface area contributed by atoms with Gasteiger partial charge in [-0.2, -0.15) is 5.26 Å². The lowest BCUT2D eigenvalue weighted by Crippen LogP contribution is -2.25. The summed E-state index contributed by atoms with van der Waals surface area (Å²) in [5.74, 6) is -0.361. The number of halogens is 1. The Balaban J connectivity index is 1.90. The van der Waals surface area contributed by atoms with Gasteiger partial charge in [-0.1, -0.05) is 12.1 Å². The molecule has 0 saturated carbocycles. The number of benzene rings is 1. The van der Waals surface area contributed by atoms with Gasteiger partial charge in [-0.3, -0.25) is 4.79 Å². The number of pyridine rings is 1. The predicted molar refractivity (Wildman–Crippen MR) is 103 cm³/mol. The van der Waals surface area contributed by atoms with Crippen LogP contribution in [-0.4, -0.2) is 33.9 Å². The molecule has 0 aliphatic carbocycles.